The van der Waals surface area contributed by atoms with Gasteiger partial charge in [0.15, 0.2) is 0 Å². The zero-order valence-electron chi connectivity index (χ0n) is 10.9. The van der Waals surface area contributed by atoms with Crippen LogP contribution >= 0.6 is 22.7 Å². The molecule has 0 spiro atoms. The molecule has 0 aromatic carbocycles. The molecule has 1 aliphatic rings. The van der Waals surface area contributed by atoms with Gasteiger partial charge in [-0.3, -0.25) is 0 Å². The summed E-state index contributed by atoms with van der Waals surface area (Å²) in [5.41, 5.74) is 1.36. The fraction of sp³-hybridized carbons (Fsp3) is 0.467. The normalized spacial score (nSPS) is 19.1. The van der Waals surface area contributed by atoms with Gasteiger partial charge in [-0.15, -0.1) is 22.7 Å². The minimum atomic E-state index is 0.775. The molecule has 3 heterocycles. The minimum absolute atomic E-state index is 0.775. The number of rotatable bonds is 6. The van der Waals surface area contributed by atoms with Crippen molar-refractivity contribution in [1.82, 2.24) is 5.32 Å². The summed E-state index contributed by atoms with van der Waals surface area (Å²) < 4.78 is 5.39. The summed E-state index contributed by atoms with van der Waals surface area (Å²) in [7, 11) is 0. The van der Waals surface area contributed by atoms with E-state index in [0.717, 1.165) is 32.2 Å². The molecule has 0 saturated carbocycles. The molecule has 1 aliphatic heterocycles. The maximum Gasteiger partial charge on any atom is 0.0495 e. The van der Waals surface area contributed by atoms with E-state index in [1.807, 2.05) is 11.3 Å². The van der Waals surface area contributed by atoms with E-state index in [4.69, 9.17) is 4.74 Å². The third-order valence-corrected chi connectivity index (χ3v) is 5.37. The maximum absolute atomic E-state index is 5.39. The Morgan fingerprint density at radius 2 is 2.37 bits per heavy atom. The molecule has 0 amide bonds. The van der Waals surface area contributed by atoms with Gasteiger partial charge in [-0.1, -0.05) is 6.07 Å². The van der Waals surface area contributed by atoms with Gasteiger partial charge in [-0.2, -0.15) is 0 Å². The molecule has 2 aromatic heterocycles. The summed E-state index contributed by atoms with van der Waals surface area (Å²) >= 11 is 3.66. The van der Waals surface area contributed by atoms with Gasteiger partial charge in [-0.05, 0) is 48.2 Å². The highest BCUT2D eigenvalue weighted by Gasteiger charge is 2.14. The van der Waals surface area contributed by atoms with Crippen molar-refractivity contribution in [1.29, 1.82) is 0 Å². The third-order valence-electron chi connectivity index (χ3n) is 3.51. The van der Waals surface area contributed by atoms with Crippen LogP contribution in [-0.4, -0.2) is 19.8 Å². The average molecular weight is 293 g/mol. The van der Waals surface area contributed by atoms with Crippen LogP contribution in [-0.2, 0) is 11.3 Å². The van der Waals surface area contributed by atoms with Crippen molar-refractivity contribution >= 4 is 22.7 Å². The second-order valence-electron chi connectivity index (χ2n) is 4.97. The SMILES string of the molecule is c1csc(-c2csc(CNCCC3CCOC3)c2)c1. The highest BCUT2D eigenvalue weighted by Crippen LogP contribution is 2.29. The highest BCUT2D eigenvalue weighted by molar-refractivity contribution is 7.14. The van der Waals surface area contributed by atoms with Crippen LogP contribution in [0.1, 0.15) is 17.7 Å². The summed E-state index contributed by atoms with van der Waals surface area (Å²) in [5.74, 6) is 0.775. The predicted octanol–water partition coefficient (Wildman–Crippen LogP) is 3.99. The number of thiophene rings is 2. The van der Waals surface area contributed by atoms with Gasteiger partial charge in [-0.25, -0.2) is 0 Å². The number of hydrogen-bond donors (Lipinski definition) is 1. The van der Waals surface area contributed by atoms with Gasteiger partial charge in [0.1, 0.15) is 0 Å². The number of nitrogens with one attached hydrogen (secondary N) is 1. The standard InChI is InChI=1S/C15H19NOS2/c1-2-15(18-7-1)13-8-14(19-11-13)9-16-5-3-12-4-6-17-10-12/h1-2,7-8,11-12,16H,3-6,9-10H2. The molecular weight excluding hydrogens is 274 g/mol. The van der Waals surface area contributed by atoms with E-state index in [0.29, 0.717) is 0 Å². The molecule has 2 nitrogen and oxygen atoms in total. The second-order valence-corrected chi connectivity index (χ2v) is 6.92. The van der Waals surface area contributed by atoms with E-state index < -0.39 is 0 Å². The van der Waals surface area contributed by atoms with E-state index in [-0.39, 0.29) is 0 Å². The van der Waals surface area contributed by atoms with Gasteiger partial charge in [0.2, 0.25) is 0 Å². The molecule has 0 radical (unpaired) electrons. The van der Waals surface area contributed by atoms with Crippen LogP contribution in [0, 0.1) is 5.92 Å². The quantitative estimate of drug-likeness (QED) is 0.813. The molecule has 1 atom stereocenters. The van der Waals surface area contributed by atoms with Crippen LogP contribution in [0.15, 0.2) is 29.0 Å². The van der Waals surface area contributed by atoms with Crippen LogP contribution in [0.25, 0.3) is 10.4 Å². The molecule has 0 aliphatic carbocycles. The first-order chi connectivity index (χ1) is 9.42. The Labute approximate surface area is 122 Å². The lowest BCUT2D eigenvalue weighted by atomic mass is 10.1. The molecule has 19 heavy (non-hydrogen) atoms. The Morgan fingerprint density at radius 3 is 3.16 bits per heavy atom. The summed E-state index contributed by atoms with van der Waals surface area (Å²) in [5, 5.41) is 7.94. The first kappa shape index (κ1) is 13.3. The lowest BCUT2D eigenvalue weighted by Gasteiger charge is -2.07. The van der Waals surface area contributed by atoms with Crippen LogP contribution in [0.2, 0.25) is 0 Å². The van der Waals surface area contributed by atoms with Crippen molar-refractivity contribution in [3.8, 4) is 10.4 Å². The lowest BCUT2D eigenvalue weighted by Crippen LogP contribution is -2.17. The van der Waals surface area contributed by atoms with Crippen LogP contribution < -0.4 is 5.32 Å². The van der Waals surface area contributed by atoms with Crippen LogP contribution in [0.5, 0.6) is 0 Å². The van der Waals surface area contributed by atoms with Gasteiger partial charge in [0.25, 0.3) is 0 Å². The summed E-state index contributed by atoms with van der Waals surface area (Å²) in [6, 6.07) is 6.60. The average Bonchev–Trinajstić information content (AvgIpc) is 3.15. The molecule has 1 N–H and O–H groups in total. The van der Waals surface area contributed by atoms with Crippen LogP contribution in [0.3, 0.4) is 0 Å². The van der Waals surface area contributed by atoms with Crippen molar-refractivity contribution in [2.24, 2.45) is 5.92 Å². The van der Waals surface area contributed by atoms with Gasteiger partial charge in [0, 0.05) is 35.1 Å². The zero-order valence-corrected chi connectivity index (χ0v) is 12.6. The molecule has 2 aromatic rings. The smallest absolute Gasteiger partial charge is 0.0495 e. The first-order valence-electron chi connectivity index (χ1n) is 6.81. The van der Waals surface area contributed by atoms with Gasteiger partial charge in [0.05, 0.1) is 0 Å². The summed E-state index contributed by atoms with van der Waals surface area (Å²) in [6.07, 6.45) is 2.48. The van der Waals surface area contributed by atoms with Crippen molar-refractivity contribution in [3.63, 3.8) is 0 Å². The number of ether oxygens (including phenoxy) is 1. The van der Waals surface area contributed by atoms with Crippen LogP contribution in [0.4, 0.5) is 0 Å². The second kappa shape index (κ2) is 6.66. The zero-order chi connectivity index (χ0) is 12.9. The Hall–Kier alpha value is -0.680. The summed E-state index contributed by atoms with van der Waals surface area (Å²) in [4.78, 5) is 2.79. The van der Waals surface area contributed by atoms with E-state index in [1.165, 1.54) is 28.2 Å². The topological polar surface area (TPSA) is 21.3 Å². The monoisotopic (exact) mass is 293 g/mol. The largest absolute Gasteiger partial charge is 0.381 e. The highest BCUT2D eigenvalue weighted by atomic mass is 32.1. The summed E-state index contributed by atoms with van der Waals surface area (Å²) in [6.45, 7) is 4.01. The molecule has 4 heteroatoms. The van der Waals surface area contributed by atoms with Crippen molar-refractivity contribution in [3.05, 3.63) is 33.8 Å². The maximum atomic E-state index is 5.39. The fourth-order valence-electron chi connectivity index (χ4n) is 2.37. The molecule has 1 fully saturated rings. The van der Waals surface area contributed by atoms with Gasteiger partial charge >= 0.3 is 0 Å². The lowest BCUT2D eigenvalue weighted by molar-refractivity contribution is 0.184. The molecule has 0 bridgehead atoms. The van der Waals surface area contributed by atoms with Crippen molar-refractivity contribution < 1.29 is 4.74 Å². The number of hydrogen-bond acceptors (Lipinski definition) is 4. The van der Waals surface area contributed by atoms with Crippen molar-refractivity contribution in [2.45, 2.75) is 19.4 Å². The first-order valence-corrected chi connectivity index (χ1v) is 8.57. The van der Waals surface area contributed by atoms with E-state index >= 15 is 0 Å². The van der Waals surface area contributed by atoms with Gasteiger partial charge < -0.3 is 10.1 Å². The third kappa shape index (κ3) is 3.66. The van der Waals surface area contributed by atoms with E-state index in [1.54, 1.807) is 11.3 Å². The molecule has 1 unspecified atom stereocenters. The Balaban J connectivity index is 1.43. The minimum Gasteiger partial charge on any atom is -0.381 e. The van der Waals surface area contributed by atoms with E-state index in [9.17, 15) is 0 Å². The van der Waals surface area contributed by atoms with E-state index in [2.05, 4.69) is 34.3 Å². The predicted molar refractivity (Wildman–Crippen MR) is 82.9 cm³/mol. The molecule has 3 rings (SSSR count). The Kier molecular flexibility index (Phi) is 4.66. The Morgan fingerprint density at radius 1 is 1.37 bits per heavy atom. The fourth-order valence-corrected chi connectivity index (χ4v) is 4.02. The molecule has 102 valence electrons. The Bertz CT molecular complexity index is 486. The van der Waals surface area contributed by atoms with Crippen molar-refractivity contribution in [2.75, 3.05) is 19.8 Å². The molecular formula is C15H19NOS2. The molecule has 1 saturated heterocycles.